The number of carbonyl (C=O) groups excluding carboxylic acids is 2. The van der Waals surface area contributed by atoms with Crippen LogP contribution in [0.4, 0.5) is 4.39 Å². The molecule has 2 aromatic rings. The van der Waals surface area contributed by atoms with Crippen molar-refractivity contribution in [2.24, 2.45) is 0 Å². The van der Waals surface area contributed by atoms with E-state index in [1.165, 1.54) is 17.0 Å². The summed E-state index contributed by atoms with van der Waals surface area (Å²) < 4.78 is 18.9. The summed E-state index contributed by atoms with van der Waals surface area (Å²) in [6.07, 6.45) is 0. The maximum absolute atomic E-state index is 13.2. The Labute approximate surface area is 165 Å². The van der Waals surface area contributed by atoms with E-state index >= 15 is 0 Å². The van der Waals surface area contributed by atoms with Gasteiger partial charge in [0.15, 0.2) is 6.61 Å². The number of halogens is 1. The Kier molecular flexibility index (Phi) is 7.55. The fourth-order valence-electron chi connectivity index (χ4n) is 2.72. The van der Waals surface area contributed by atoms with Gasteiger partial charge in [0.2, 0.25) is 5.91 Å². The highest BCUT2D eigenvalue weighted by molar-refractivity contribution is 5.88. The normalized spacial score (nSPS) is 11.8. The minimum absolute atomic E-state index is 0.0408. The Balaban J connectivity index is 2.15. The second kappa shape index (κ2) is 9.88. The number of benzene rings is 2. The Hall–Kier alpha value is -2.89. The van der Waals surface area contributed by atoms with E-state index in [0.717, 1.165) is 11.1 Å². The van der Waals surface area contributed by atoms with Crippen molar-refractivity contribution in [3.8, 4) is 5.75 Å². The van der Waals surface area contributed by atoms with Gasteiger partial charge in [-0.1, -0.05) is 30.3 Å². The molecule has 28 heavy (non-hydrogen) atoms. The lowest BCUT2D eigenvalue weighted by Gasteiger charge is -2.29. The molecule has 150 valence electrons. The van der Waals surface area contributed by atoms with Gasteiger partial charge in [0.1, 0.15) is 17.6 Å². The third kappa shape index (κ3) is 6.08. The number of carbonyl (C=O) groups is 2. The molecule has 2 rings (SSSR count). The Morgan fingerprint density at radius 2 is 1.71 bits per heavy atom. The highest BCUT2D eigenvalue weighted by Gasteiger charge is 2.27. The maximum Gasteiger partial charge on any atom is 0.261 e. The predicted octanol–water partition coefficient (Wildman–Crippen LogP) is 3.45. The van der Waals surface area contributed by atoms with Crippen molar-refractivity contribution in [2.75, 3.05) is 6.61 Å². The molecule has 6 heteroatoms. The number of para-hydroxylation sites is 1. The van der Waals surface area contributed by atoms with E-state index in [1.54, 1.807) is 25.1 Å². The first-order chi connectivity index (χ1) is 13.3. The first-order valence-electron chi connectivity index (χ1n) is 9.30. The lowest BCUT2D eigenvalue weighted by Crippen LogP contribution is -2.50. The van der Waals surface area contributed by atoms with Gasteiger partial charge in [-0.15, -0.1) is 0 Å². The zero-order valence-corrected chi connectivity index (χ0v) is 16.7. The summed E-state index contributed by atoms with van der Waals surface area (Å²) in [6.45, 7) is 7.28. The molecule has 2 aromatic carbocycles. The van der Waals surface area contributed by atoms with Crippen LogP contribution in [0.3, 0.4) is 0 Å². The fourth-order valence-corrected chi connectivity index (χ4v) is 2.72. The second-order valence-corrected chi connectivity index (χ2v) is 7.04. The molecular weight excluding hydrogens is 359 g/mol. The lowest BCUT2D eigenvalue weighted by atomic mass is 10.1. The summed E-state index contributed by atoms with van der Waals surface area (Å²) in [5, 5.41) is 2.82. The average Bonchev–Trinajstić information content (AvgIpc) is 2.65. The van der Waals surface area contributed by atoms with E-state index in [4.69, 9.17) is 4.74 Å². The first-order valence-corrected chi connectivity index (χ1v) is 9.30. The molecule has 0 aliphatic rings. The van der Waals surface area contributed by atoms with Crippen molar-refractivity contribution in [3.63, 3.8) is 0 Å². The molecule has 1 atom stereocenters. The minimum Gasteiger partial charge on any atom is -0.484 e. The van der Waals surface area contributed by atoms with Gasteiger partial charge in [-0.05, 0) is 57.0 Å². The smallest absolute Gasteiger partial charge is 0.261 e. The van der Waals surface area contributed by atoms with Gasteiger partial charge < -0.3 is 15.0 Å². The molecule has 0 bridgehead atoms. The SMILES string of the molecule is Cc1ccccc1OCC(=O)N(Cc1ccc(F)cc1)C(C)C(=O)NC(C)C. The molecule has 0 fully saturated rings. The molecule has 0 spiro atoms. The van der Waals surface area contributed by atoms with E-state index < -0.39 is 6.04 Å². The van der Waals surface area contributed by atoms with Crippen LogP contribution in [0.5, 0.6) is 5.75 Å². The predicted molar refractivity (Wildman–Crippen MR) is 106 cm³/mol. The number of amides is 2. The van der Waals surface area contributed by atoms with Crippen molar-refractivity contribution in [1.82, 2.24) is 10.2 Å². The van der Waals surface area contributed by atoms with Crippen LogP contribution in [0.15, 0.2) is 48.5 Å². The zero-order valence-electron chi connectivity index (χ0n) is 16.7. The number of rotatable bonds is 8. The number of nitrogens with zero attached hydrogens (tertiary/aromatic N) is 1. The molecule has 5 nitrogen and oxygen atoms in total. The lowest BCUT2D eigenvalue weighted by molar-refractivity contribution is -0.142. The summed E-state index contributed by atoms with van der Waals surface area (Å²) >= 11 is 0. The third-order valence-electron chi connectivity index (χ3n) is 4.31. The van der Waals surface area contributed by atoms with E-state index in [1.807, 2.05) is 39.0 Å². The number of aryl methyl sites for hydroxylation is 1. The number of nitrogens with one attached hydrogen (secondary N) is 1. The Morgan fingerprint density at radius 3 is 2.32 bits per heavy atom. The second-order valence-electron chi connectivity index (χ2n) is 7.04. The van der Waals surface area contributed by atoms with Gasteiger partial charge in [-0.2, -0.15) is 0 Å². The van der Waals surface area contributed by atoms with Crippen LogP contribution in [-0.2, 0) is 16.1 Å². The van der Waals surface area contributed by atoms with E-state index in [2.05, 4.69) is 5.32 Å². The van der Waals surface area contributed by atoms with Crippen molar-refractivity contribution >= 4 is 11.8 Å². The van der Waals surface area contributed by atoms with Gasteiger partial charge in [0.05, 0.1) is 0 Å². The van der Waals surface area contributed by atoms with E-state index in [-0.39, 0.29) is 36.8 Å². The molecule has 0 aromatic heterocycles. The largest absolute Gasteiger partial charge is 0.484 e. The van der Waals surface area contributed by atoms with E-state index in [9.17, 15) is 14.0 Å². The van der Waals surface area contributed by atoms with Gasteiger partial charge >= 0.3 is 0 Å². The van der Waals surface area contributed by atoms with Gasteiger partial charge in [0.25, 0.3) is 5.91 Å². The molecule has 0 radical (unpaired) electrons. The molecular formula is C22H27FN2O3. The van der Waals surface area contributed by atoms with Crippen LogP contribution >= 0.6 is 0 Å². The first kappa shape index (κ1) is 21.4. The number of hydrogen-bond donors (Lipinski definition) is 1. The van der Waals surface area contributed by atoms with E-state index in [0.29, 0.717) is 5.75 Å². The van der Waals surface area contributed by atoms with Crippen molar-refractivity contribution in [2.45, 2.75) is 46.3 Å². The molecule has 0 aliphatic carbocycles. The van der Waals surface area contributed by atoms with Crippen molar-refractivity contribution < 1.29 is 18.7 Å². The maximum atomic E-state index is 13.2. The third-order valence-corrected chi connectivity index (χ3v) is 4.31. The summed E-state index contributed by atoms with van der Waals surface area (Å²) in [7, 11) is 0. The standard InChI is InChI=1S/C22H27FN2O3/c1-15(2)24-22(27)17(4)25(13-18-9-11-19(23)12-10-18)21(26)14-28-20-8-6-5-7-16(20)3/h5-12,15,17H,13-14H2,1-4H3,(H,24,27). The molecule has 1 unspecified atom stereocenters. The minimum atomic E-state index is -0.694. The van der Waals surface area contributed by atoms with Crippen LogP contribution in [0.2, 0.25) is 0 Å². The van der Waals surface area contributed by atoms with Crippen LogP contribution in [-0.4, -0.2) is 35.4 Å². The van der Waals surface area contributed by atoms with Gasteiger partial charge in [0, 0.05) is 12.6 Å². The highest BCUT2D eigenvalue weighted by atomic mass is 19.1. The quantitative estimate of drug-likeness (QED) is 0.756. The topological polar surface area (TPSA) is 58.6 Å². The number of ether oxygens (including phenoxy) is 1. The Morgan fingerprint density at radius 1 is 1.07 bits per heavy atom. The van der Waals surface area contributed by atoms with Crippen LogP contribution in [0, 0.1) is 12.7 Å². The fraction of sp³-hybridized carbons (Fsp3) is 0.364. The molecule has 1 N–H and O–H groups in total. The van der Waals surface area contributed by atoms with Crippen LogP contribution in [0.25, 0.3) is 0 Å². The zero-order chi connectivity index (χ0) is 20.7. The van der Waals surface area contributed by atoms with Gasteiger partial charge in [-0.25, -0.2) is 4.39 Å². The van der Waals surface area contributed by atoms with Crippen molar-refractivity contribution in [3.05, 3.63) is 65.5 Å². The summed E-state index contributed by atoms with van der Waals surface area (Å²) in [6, 6.07) is 12.6. The van der Waals surface area contributed by atoms with Crippen molar-refractivity contribution in [1.29, 1.82) is 0 Å². The van der Waals surface area contributed by atoms with Gasteiger partial charge in [-0.3, -0.25) is 9.59 Å². The molecule has 0 saturated heterocycles. The number of hydrogen-bond acceptors (Lipinski definition) is 3. The molecule has 2 amide bonds. The van der Waals surface area contributed by atoms with Crippen LogP contribution in [0.1, 0.15) is 31.9 Å². The average molecular weight is 386 g/mol. The summed E-state index contributed by atoms with van der Waals surface area (Å²) in [5.41, 5.74) is 1.65. The monoisotopic (exact) mass is 386 g/mol. The summed E-state index contributed by atoms with van der Waals surface area (Å²) in [5.74, 6) is -0.299. The molecule has 0 aliphatic heterocycles. The Bertz CT molecular complexity index is 806. The summed E-state index contributed by atoms with van der Waals surface area (Å²) in [4.78, 5) is 26.8. The molecule has 0 heterocycles. The van der Waals surface area contributed by atoms with Crippen LogP contribution < -0.4 is 10.1 Å². The highest BCUT2D eigenvalue weighted by Crippen LogP contribution is 2.17. The molecule has 0 saturated carbocycles.